The number of benzene rings is 1. The molecule has 1 aromatic rings. The molecule has 1 saturated carbocycles. The van der Waals surface area contributed by atoms with Gasteiger partial charge in [0.05, 0.1) is 0 Å². The molecule has 1 unspecified atom stereocenters. The number of nitrogens with zero attached hydrogens (tertiary/aromatic N) is 2. The zero-order valence-corrected chi connectivity index (χ0v) is 15.9. The second-order valence-corrected chi connectivity index (χ2v) is 9.05. The van der Waals surface area contributed by atoms with Crippen molar-refractivity contribution in [3.63, 3.8) is 0 Å². The minimum absolute atomic E-state index is 0.110. The van der Waals surface area contributed by atoms with E-state index in [2.05, 4.69) is 16.3 Å². The molecular weight excluding hydrogens is 356 g/mol. The second-order valence-electron chi connectivity index (χ2n) is 9.05. The smallest absolute Gasteiger partial charge is 0.255 e. The van der Waals surface area contributed by atoms with Gasteiger partial charge in [-0.1, -0.05) is 12.1 Å². The summed E-state index contributed by atoms with van der Waals surface area (Å²) >= 11 is 0. The third-order valence-electron chi connectivity index (χ3n) is 6.89. The highest BCUT2D eigenvalue weighted by Crippen LogP contribution is 2.51. The Labute approximate surface area is 164 Å². The van der Waals surface area contributed by atoms with Crippen LogP contribution in [0, 0.1) is 11.3 Å². The minimum Gasteiger partial charge on any atom is -0.330 e. The Morgan fingerprint density at radius 1 is 1.18 bits per heavy atom. The molecule has 7 heteroatoms. The van der Waals surface area contributed by atoms with Crippen molar-refractivity contribution in [2.75, 3.05) is 19.6 Å². The van der Waals surface area contributed by atoms with E-state index < -0.39 is 6.04 Å². The SMILES string of the molecule is NCC1CC2(C1)CN(Cc1ccc3c(c1)CN(C1CCC(=O)NC1=O)C3=O)C2. The summed E-state index contributed by atoms with van der Waals surface area (Å²) in [5.74, 6) is -0.0169. The van der Waals surface area contributed by atoms with E-state index in [4.69, 9.17) is 5.73 Å². The van der Waals surface area contributed by atoms with Gasteiger partial charge in [-0.25, -0.2) is 0 Å². The molecule has 0 bridgehead atoms. The van der Waals surface area contributed by atoms with Crippen molar-refractivity contribution in [1.82, 2.24) is 15.1 Å². The predicted molar refractivity (Wildman–Crippen MR) is 102 cm³/mol. The van der Waals surface area contributed by atoms with Crippen LogP contribution in [0.1, 0.15) is 47.2 Å². The van der Waals surface area contributed by atoms with Gasteiger partial charge in [0.1, 0.15) is 6.04 Å². The van der Waals surface area contributed by atoms with Gasteiger partial charge in [-0.3, -0.25) is 24.6 Å². The highest BCUT2D eigenvalue weighted by molar-refractivity contribution is 6.05. The predicted octanol–water partition coefficient (Wildman–Crippen LogP) is 0.618. The summed E-state index contributed by atoms with van der Waals surface area (Å²) in [7, 11) is 0. The van der Waals surface area contributed by atoms with Crippen LogP contribution in [-0.4, -0.2) is 53.2 Å². The van der Waals surface area contributed by atoms with Crippen molar-refractivity contribution in [2.24, 2.45) is 17.1 Å². The lowest BCUT2D eigenvalue weighted by Gasteiger charge is -2.59. The van der Waals surface area contributed by atoms with Crippen LogP contribution in [0.5, 0.6) is 0 Å². The summed E-state index contributed by atoms with van der Waals surface area (Å²) in [6, 6.07) is 5.47. The van der Waals surface area contributed by atoms with Crippen LogP contribution in [0.15, 0.2) is 18.2 Å². The number of fused-ring (bicyclic) bond motifs is 1. The summed E-state index contributed by atoms with van der Waals surface area (Å²) < 4.78 is 0. The topological polar surface area (TPSA) is 95.7 Å². The molecule has 3 heterocycles. The Bertz CT molecular complexity index is 853. The Morgan fingerprint density at radius 2 is 1.96 bits per heavy atom. The lowest BCUT2D eigenvalue weighted by molar-refractivity contribution is -0.136. The summed E-state index contributed by atoms with van der Waals surface area (Å²) in [5, 5.41) is 2.35. The molecule has 5 rings (SSSR count). The molecule has 148 valence electrons. The number of piperidine rings is 1. The fourth-order valence-corrected chi connectivity index (χ4v) is 5.59. The van der Waals surface area contributed by atoms with Gasteiger partial charge >= 0.3 is 0 Å². The number of likely N-dealkylation sites (tertiary alicyclic amines) is 1. The molecule has 1 aromatic carbocycles. The van der Waals surface area contributed by atoms with Crippen LogP contribution in [0.25, 0.3) is 0 Å². The van der Waals surface area contributed by atoms with E-state index >= 15 is 0 Å². The first-order valence-electron chi connectivity index (χ1n) is 10.2. The van der Waals surface area contributed by atoms with Gasteiger partial charge in [0.25, 0.3) is 5.91 Å². The average Bonchev–Trinajstić information content (AvgIpc) is 2.92. The molecule has 1 spiro atoms. The molecule has 3 amide bonds. The summed E-state index contributed by atoms with van der Waals surface area (Å²) in [4.78, 5) is 40.3. The van der Waals surface area contributed by atoms with E-state index in [9.17, 15) is 14.4 Å². The van der Waals surface area contributed by atoms with Crippen LogP contribution in [-0.2, 0) is 22.7 Å². The lowest BCUT2D eigenvalue weighted by Crippen LogP contribution is -2.62. The van der Waals surface area contributed by atoms with Gasteiger partial charge < -0.3 is 10.6 Å². The number of nitrogens with two attached hydrogens (primary N) is 1. The van der Waals surface area contributed by atoms with Gasteiger partial charge in [0.15, 0.2) is 0 Å². The van der Waals surface area contributed by atoms with Crippen LogP contribution < -0.4 is 11.1 Å². The lowest BCUT2D eigenvalue weighted by atomic mass is 9.58. The van der Waals surface area contributed by atoms with Gasteiger partial charge in [0, 0.05) is 38.2 Å². The Kier molecular flexibility index (Phi) is 4.07. The van der Waals surface area contributed by atoms with E-state index in [1.54, 1.807) is 4.90 Å². The first kappa shape index (κ1) is 17.8. The highest BCUT2D eigenvalue weighted by atomic mass is 16.2. The number of carbonyl (C=O) groups excluding carboxylic acids is 3. The van der Waals surface area contributed by atoms with Crippen molar-refractivity contribution >= 4 is 17.7 Å². The maximum Gasteiger partial charge on any atom is 0.255 e. The third-order valence-corrected chi connectivity index (χ3v) is 6.89. The van der Waals surface area contributed by atoms with Gasteiger partial charge in [-0.15, -0.1) is 0 Å². The van der Waals surface area contributed by atoms with Crippen molar-refractivity contribution in [1.29, 1.82) is 0 Å². The van der Waals surface area contributed by atoms with Crippen LogP contribution in [0.3, 0.4) is 0 Å². The molecule has 3 aliphatic heterocycles. The molecule has 7 nitrogen and oxygen atoms in total. The average molecular weight is 382 g/mol. The van der Waals surface area contributed by atoms with Crippen LogP contribution in [0.4, 0.5) is 0 Å². The normalized spacial score (nSPS) is 26.8. The van der Waals surface area contributed by atoms with E-state index in [0.717, 1.165) is 31.7 Å². The van der Waals surface area contributed by atoms with Gasteiger partial charge in [-0.05, 0) is 54.3 Å². The second kappa shape index (κ2) is 6.39. The minimum atomic E-state index is -0.551. The van der Waals surface area contributed by atoms with Gasteiger partial charge in [-0.2, -0.15) is 0 Å². The van der Waals surface area contributed by atoms with Crippen LogP contribution >= 0.6 is 0 Å². The Hall–Kier alpha value is -2.25. The van der Waals surface area contributed by atoms with Crippen LogP contribution in [0.2, 0.25) is 0 Å². The van der Waals surface area contributed by atoms with E-state index in [1.165, 1.54) is 18.4 Å². The standard InChI is InChI=1S/C21H26N4O3/c22-8-14-6-21(7-14)11-24(12-21)9-13-1-2-16-15(5-13)10-25(20(16)28)17-3-4-18(26)23-19(17)27/h1-2,5,14,17H,3-4,6-12,22H2,(H,23,26,27). The number of nitrogens with one attached hydrogen (secondary N) is 1. The van der Waals surface area contributed by atoms with Crippen molar-refractivity contribution in [2.45, 2.75) is 44.8 Å². The Balaban J connectivity index is 1.23. The molecule has 1 aliphatic carbocycles. The number of rotatable bonds is 4. The molecule has 28 heavy (non-hydrogen) atoms. The molecule has 3 N–H and O–H groups in total. The Morgan fingerprint density at radius 3 is 2.68 bits per heavy atom. The first-order chi connectivity index (χ1) is 13.5. The number of hydrogen-bond donors (Lipinski definition) is 2. The summed E-state index contributed by atoms with van der Waals surface area (Å²) in [5.41, 5.74) is 9.13. The molecule has 3 fully saturated rings. The molecule has 0 aromatic heterocycles. The zero-order valence-electron chi connectivity index (χ0n) is 15.9. The molecule has 4 aliphatic rings. The number of carbonyl (C=O) groups is 3. The fraction of sp³-hybridized carbons (Fsp3) is 0.571. The number of imide groups is 1. The number of amides is 3. The quantitative estimate of drug-likeness (QED) is 0.745. The molecule has 2 saturated heterocycles. The van der Waals surface area contributed by atoms with E-state index in [-0.39, 0.29) is 24.1 Å². The largest absolute Gasteiger partial charge is 0.330 e. The molecule has 1 atom stereocenters. The van der Waals surface area contributed by atoms with Crippen molar-refractivity contribution in [3.05, 3.63) is 34.9 Å². The zero-order chi connectivity index (χ0) is 19.5. The van der Waals surface area contributed by atoms with E-state index in [1.807, 2.05) is 12.1 Å². The molecular formula is C21H26N4O3. The first-order valence-corrected chi connectivity index (χ1v) is 10.2. The van der Waals surface area contributed by atoms with Crippen molar-refractivity contribution < 1.29 is 14.4 Å². The fourth-order valence-electron chi connectivity index (χ4n) is 5.59. The summed E-state index contributed by atoms with van der Waals surface area (Å²) in [6.07, 6.45) is 3.21. The highest BCUT2D eigenvalue weighted by Gasteiger charge is 2.51. The van der Waals surface area contributed by atoms with Gasteiger partial charge in [0.2, 0.25) is 11.8 Å². The third kappa shape index (κ3) is 2.84. The maximum atomic E-state index is 12.8. The monoisotopic (exact) mass is 382 g/mol. The summed E-state index contributed by atoms with van der Waals surface area (Å²) in [6.45, 7) is 4.43. The maximum absolute atomic E-state index is 12.8. The van der Waals surface area contributed by atoms with Crippen molar-refractivity contribution in [3.8, 4) is 0 Å². The van der Waals surface area contributed by atoms with E-state index in [0.29, 0.717) is 29.9 Å². The number of hydrogen-bond acceptors (Lipinski definition) is 5. The molecule has 0 radical (unpaired) electrons.